The Morgan fingerprint density at radius 3 is 1.05 bits per heavy atom. The molecule has 2 aromatic carbocycles. The first kappa shape index (κ1) is 51.2. The Hall–Kier alpha value is -1.80. The molecule has 6 aliphatic rings. The molecule has 352 valence electrons. The Balaban J connectivity index is 0.000000217. The van der Waals surface area contributed by atoms with E-state index in [4.69, 9.17) is 19.2 Å². The fourth-order valence-corrected chi connectivity index (χ4v) is 12.2. The van der Waals surface area contributed by atoms with Crippen LogP contribution in [0.4, 0.5) is 0 Å². The summed E-state index contributed by atoms with van der Waals surface area (Å²) in [6, 6.07) is 17.9. The van der Waals surface area contributed by atoms with E-state index < -0.39 is 0 Å². The molecule has 2 aromatic rings. The zero-order valence-corrected chi connectivity index (χ0v) is 40.8. The molecule has 1 saturated heterocycles. The second-order valence-corrected chi connectivity index (χ2v) is 20.8. The number of hydrogen-bond acceptors (Lipinski definition) is 6. The molecule has 1 aliphatic heterocycles. The fraction of sp³-hybridized carbons (Fsp3) is 0.786. The lowest BCUT2D eigenvalue weighted by atomic mass is 9.68. The van der Waals surface area contributed by atoms with Crippen LogP contribution < -0.4 is 0 Å². The van der Waals surface area contributed by atoms with Gasteiger partial charge in [-0.25, -0.2) is 9.78 Å². The zero-order chi connectivity index (χ0) is 44.4. The van der Waals surface area contributed by atoms with Crippen molar-refractivity contribution in [1.82, 2.24) is 0 Å². The summed E-state index contributed by atoms with van der Waals surface area (Å²) in [5.41, 5.74) is 5.19. The maximum atomic E-state index is 9.72. The Bertz CT molecular complexity index is 1320. The van der Waals surface area contributed by atoms with E-state index >= 15 is 0 Å². The molecule has 0 radical (unpaired) electrons. The van der Waals surface area contributed by atoms with E-state index in [0.717, 1.165) is 85.5 Å². The van der Waals surface area contributed by atoms with Crippen molar-refractivity contribution in [2.45, 2.75) is 214 Å². The lowest BCUT2D eigenvalue weighted by Gasteiger charge is -2.38. The van der Waals surface area contributed by atoms with E-state index in [0.29, 0.717) is 29.6 Å². The molecule has 0 spiro atoms. The second kappa shape index (κ2) is 27.0. The molecular weight excluding hydrogens is 769 g/mol. The fourth-order valence-electron chi connectivity index (χ4n) is 12.2. The highest BCUT2D eigenvalue weighted by molar-refractivity contribution is 5.29. The summed E-state index contributed by atoms with van der Waals surface area (Å²) < 4.78 is 11.8. The van der Waals surface area contributed by atoms with Gasteiger partial charge < -0.3 is 9.47 Å². The van der Waals surface area contributed by atoms with Gasteiger partial charge in [0, 0.05) is 11.8 Å². The first-order valence-electron chi connectivity index (χ1n) is 26.3. The molecule has 8 rings (SSSR count). The molecule has 2 N–H and O–H groups in total. The summed E-state index contributed by atoms with van der Waals surface area (Å²) in [6.07, 6.45) is 25.2. The first-order valence-corrected chi connectivity index (χ1v) is 26.3. The van der Waals surface area contributed by atoms with Crippen molar-refractivity contribution in [3.63, 3.8) is 0 Å². The Kier molecular flexibility index (Phi) is 22.3. The molecule has 2 unspecified atom stereocenters. The summed E-state index contributed by atoms with van der Waals surface area (Å²) in [5.74, 6) is 7.77. The van der Waals surface area contributed by atoms with Gasteiger partial charge in [-0.3, -0.25) is 10.5 Å². The van der Waals surface area contributed by atoms with Crippen molar-refractivity contribution in [3.8, 4) is 0 Å². The van der Waals surface area contributed by atoms with Gasteiger partial charge in [0.1, 0.15) is 12.2 Å². The average Bonchev–Trinajstić information content (AvgIpc) is 3.33. The number of rotatable bonds is 10. The van der Waals surface area contributed by atoms with E-state index in [-0.39, 0.29) is 18.5 Å². The van der Waals surface area contributed by atoms with Gasteiger partial charge in [0.2, 0.25) is 0 Å². The highest BCUT2D eigenvalue weighted by atomic mass is 17.1. The van der Waals surface area contributed by atoms with E-state index in [9.17, 15) is 10.5 Å². The highest BCUT2D eigenvalue weighted by Crippen LogP contribution is 2.46. The summed E-state index contributed by atoms with van der Waals surface area (Å²) in [5, 5.41) is 19.4. The number of benzene rings is 2. The summed E-state index contributed by atoms with van der Waals surface area (Å²) in [4.78, 5) is 10.1. The van der Waals surface area contributed by atoms with Crippen LogP contribution in [-0.2, 0) is 19.2 Å². The van der Waals surface area contributed by atoms with Crippen molar-refractivity contribution in [2.75, 3.05) is 13.2 Å². The van der Waals surface area contributed by atoms with Crippen molar-refractivity contribution in [1.29, 1.82) is 0 Å². The number of ether oxygens (including phenoxy) is 2. The molecule has 62 heavy (non-hydrogen) atoms. The third-order valence-corrected chi connectivity index (χ3v) is 16.4. The molecule has 6 nitrogen and oxygen atoms in total. The van der Waals surface area contributed by atoms with Gasteiger partial charge in [-0.1, -0.05) is 142 Å². The van der Waals surface area contributed by atoms with Crippen molar-refractivity contribution in [3.05, 3.63) is 70.8 Å². The average molecular weight is 861 g/mol. The van der Waals surface area contributed by atoms with Crippen LogP contribution >= 0.6 is 0 Å². The molecule has 6 heteroatoms. The van der Waals surface area contributed by atoms with Crippen molar-refractivity contribution < 1.29 is 29.8 Å². The third-order valence-electron chi connectivity index (χ3n) is 16.4. The minimum Gasteiger partial charge on any atom is -0.352 e. The van der Waals surface area contributed by atoms with Gasteiger partial charge in [-0.2, -0.15) is 0 Å². The Labute approximate surface area is 379 Å². The van der Waals surface area contributed by atoms with Crippen LogP contribution in [0.2, 0.25) is 0 Å². The molecule has 0 amide bonds. The maximum absolute atomic E-state index is 9.72. The van der Waals surface area contributed by atoms with Gasteiger partial charge in [0.05, 0.1) is 13.2 Å². The molecular formula is C56H92O6. The molecule has 5 aliphatic carbocycles. The molecule has 0 aromatic heterocycles. The van der Waals surface area contributed by atoms with E-state index in [2.05, 4.69) is 76.2 Å². The summed E-state index contributed by atoms with van der Waals surface area (Å²) in [6.45, 7) is 18.9. The predicted octanol–water partition coefficient (Wildman–Crippen LogP) is 16.5. The van der Waals surface area contributed by atoms with Crippen LogP contribution in [0.1, 0.15) is 230 Å². The Morgan fingerprint density at radius 2 is 0.710 bits per heavy atom. The van der Waals surface area contributed by atoms with Crippen LogP contribution in [0.15, 0.2) is 48.5 Å². The van der Waals surface area contributed by atoms with Gasteiger partial charge in [-0.05, 0) is 165 Å². The van der Waals surface area contributed by atoms with Crippen LogP contribution in [0, 0.1) is 53.3 Å². The standard InChI is InChI=1S/C27H42O2.C25H38O4.2C2H6/c1-19-3-7-21(8-4-19)23-11-15-25(16-12-23)27(29-28)26-17-13-24(14-18-26)22-9-5-20(2)6-10-22;1-17-3-5-19(6-4-17)20-7-9-21(10-8-20)24(29-26)22-11-13-23(14-12-22)25-27-15-18(2)16-28-25;2*1-2/h11-12,15-16,19-22,24,26-28H,3-10,13-14,17-18H2,1-2H3;7-10,17-19,22-26H,3-6,11-16H2,1-2H3;2*1-2H3. The van der Waals surface area contributed by atoms with Gasteiger partial charge >= 0.3 is 0 Å². The van der Waals surface area contributed by atoms with Gasteiger partial charge in [0.25, 0.3) is 0 Å². The van der Waals surface area contributed by atoms with Crippen molar-refractivity contribution >= 4 is 0 Å². The van der Waals surface area contributed by atoms with Crippen LogP contribution in [0.3, 0.4) is 0 Å². The van der Waals surface area contributed by atoms with E-state index in [1.165, 1.54) is 114 Å². The molecule has 0 bridgehead atoms. The largest absolute Gasteiger partial charge is 0.352 e. The van der Waals surface area contributed by atoms with Gasteiger partial charge in [0.15, 0.2) is 6.29 Å². The topological polar surface area (TPSA) is 77.4 Å². The lowest BCUT2D eigenvalue weighted by molar-refractivity contribution is -0.298. The SMILES string of the molecule is CC.CC.CC1CCC(c2ccc(C(OO)C3CCC(C4CCC(C)CC4)CC3)cc2)CC1.CC1CCC(c2ccc(C(OO)C3CCC(C4OCC(C)CO4)CC3)cc2)CC1. The normalized spacial score (nSPS) is 35.0. The smallest absolute Gasteiger partial charge is 0.160 e. The maximum Gasteiger partial charge on any atom is 0.160 e. The highest BCUT2D eigenvalue weighted by Gasteiger charge is 2.36. The van der Waals surface area contributed by atoms with Crippen LogP contribution in [0.25, 0.3) is 0 Å². The summed E-state index contributed by atoms with van der Waals surface area (Å²) >= 11 is 0. The van der Waals surface area contributed by atoms with Crippen LogP contribution in [-0.4, -0.2) is 30.0 Å². The van der Waals surface area contributed by atoms with Crippen molar-refractivity contribution in [2.24, 2.45) is 53.3 Å². The lowest BCUT2D eigenvalue weighted by Crippen LogP contribution is -2.38. The zero-order valence-electron chi connectivity index (χ0n) is 40.8. The molecule has 5 saturated carbocycles. The summed E-state index contributed by atoms with van der Waals surface area (Å²) in [7, 11) is 0. The quantitative estimate of drug-likeness (QED) is 0.183. The van der Waals surface area contributed by atoms with Gasteiger partial charge in [-0.15, -0.1) is 0 Å². The van der Waals surface area contributed by atoms with E-state index in [1.807, 2.05) is 27.7 Å². The molecule has 6 fully saturated rings. The minimum atomic E-state index is -0.232. The molecule has 2 atom stereocenters. The minimum absolute atomic E-state index is 0.0434. The first-order chi connectivity index (χ1) is 30.3. The third kappa shape index (κ3) is 14.6. The van der Waals surface area contributed by atoms with Crippen LogP contribution in [0.5, 0.6) is 0 Å². The molecule has 1 heterocycles. The monoisotopic (exact) mass is 861 g/mol. The number of hydrogen-bond donors (Lipinski definition) is 2. The van der Waals surface area contributed by atoms with E-state index in [1.54, 1.807) is 0 Å². The Morgan fingerprint density at radius 1 is 0.403 bits per heavy atom. The predicted molar refractivity (Wildman–Crippen MR) is 256 cm³/mol. The second-order valence-electron chi connectivity index (χ2n) is 20.8.